The normalized spacial score (nSPS) is 16.9. The number of hydrogen-bond donors (Lipinski definition) is 0. The molecule has 37 heavy (non-hydrogen) atoms. The van der Waals surface area contributed by atoms with Crippen LogP contribution in [0, 0.1) is 11.3 Å². The van der Waals surface area contributed by atoms with Gasteiger partial charge < -0.3 is 14.5 Å². The SMILES string of the molecule is CCOCc1ccc(C(=O)N(C)[C@@H]2CN(C(=O)c3ccc(C#N)cc3)C[C@H]2c2ccc(Cl)c(Cl)c2)nc1. The third-order valence-corrected chi connectivity index (χ3v) is 7.28. The summed E-state index contributed by atoms with van der Waals surface area (Å²) in [6.07, 6.45) is 1.64. The number of ether oxygens (including phenoxy) is 1. The lowest BCUT2D eigenvalue weighted by atomic mass is 9.93. The fourth-order valence-corrected chi connectivity index (χ4v) is 4.78. The van der Waals surface area contributed by atoms with E-state index in [4.69, 9.17) is 33.2 Å². The maximum absolute atomic E-state index is 13.4. The minimum Gasteiger partial charge on any atom is -0.377 e. The lowest BCUT2D eigenvalue weighted by Crippen LogP contribution is -2.42. The van der Waals surface area contributed by atoms with Gasteiger partial charge in [-0.05, 0) is 60.5 Å². The predicted molar refractivity (Wildman–Crippen MR) is 142 cm³/mol. The van der Waals surface area contributed by atoms with Gasteiger partial charge in [-0.1, -0.05) is 35.3 Å². The van der Waals surface area contributed by atoms with Crippen LogP contribution in [0.2, 0.25) is 10.0 Å². The Bertz CT molecular complexity index is 1320. The molecule has 190 valence electrons. The fraction of sp³-hybridized carbons (Fsp3) is 0.286. The van der Waals surface area contributed by atoms with E-state index < -0.39 is 0 Å². The first kappa shape index (κ1) is 26.6. The first-order valence-corrected chi connectivity index (χ1v) is 12.6. The summed E-state index contributed by atoms with van der Waals surface area (Å²) in [5.74, 6) is -0.606. The highest BCUT2D eigenvalue weighted by molar-refractivity contribution is 6.42. The van der Waals surface area contributed by atoms with E-state index in [-0.39, 0.29) is 23.8 Å². The first-order chi connectivity index (χ1) is 17.8. The fourth-order valence-electron chi connectivity index (χ4n) is 4.47. The van der Waals surface area contributed by atoms with Gasteiger partial charge in [0.1, 0.15) is 5.69 Å². The lowest BCUT2D eigenvalue weighted by molar-refractivity contribution is 0.0691. The van der Waals surface area contributed by atoms with Crippen LogP contribution in [0.3, 0.4) is 0 Å². The number of nitrogens with zero attached hydrogens (tertiary/aromatic N) is 4. The van der Waals surface area contributed by atoms with E-state index in [2.05, 4.69) is 11.1 Å². The monoisotopic (exact) mass is 536 g/mol. The van der Waals surface area contributed by atoms with Gasteiger partial charge in [-0.3, -0.25) is 14.6 Å². The molecule has 9 heteroatoms. The van der Waals surface area contributed by atoms with E-state index in [0.717, 1.165) is 11.1 Å². The van der Waals surface area contributed by atoms with Crippen LogP contribution in [0.25, 0.3) is 0 Å². The second kappa shape index (κ2) is 11.7. The molecule has 1 aromatic heterocycles. The number of likely N-dealkylation sites (tertiary alicyclic amines) is 1. The van der Waals surface area contributed by atoms with E-state index in [9.17, 15) is 9.59 Å². The smallest absolute Gasteiger partial charge is 0.272 e. The molecule has 1 aliphatic rings. The number of likely N-dealkylation sites (N-methyl/N-ethyl adjacent to an activating group) is 1. The quantitative estimate of drug-likeness (QED) is 0.415. The van der Waals surface area contributed by atoms with Gasteiger partial charge in [0.05, 0.1) is 34.3 Å². The first-order valence-electron chi connectivity index (χ1n) is 11.9. The molecule has 0 aliphatic carbocycles. The van der Waals surface area contributed by atoms with Gasteiger partial charge >= 0.3 is 0 Å². The Kier molecular flexibility index (Phi) is 8.45. The number of halogens is 2. The molecule has 0 bridgehead atoms. The molecule has 1 aliphatic heterocycles. The molecule has 3 aromatic rings. The van der Waals surface area contributed by atoms with Gasteiger partial charge in [0, 0.05) is 44.4 Å². The minimum atomic E-state index is -0.322. The van der Waals surface area contributed by atoms with Crippen molar-refractivity contribution in [2.75, 3.05) is 26.7 Å². The van der Waals surface area contributed by atoms with Gasteiger partial charge in [-0.15, -0.1) is 0 Å². The van der Waals surface area contributed by atoms with Crippen LogP contribution in [0.15, 0.2) is 60.8 Å². The highest BCUT2D eigenvalue weighted by atomic mass is 35.5. The molecule has 0 N–H and O–H groups in total. The molecule has 2 heterocycles. The molecular formula is C28H26Cl2N4O3. The van der Waals surface area contributed by atoms with Crippen molar-refractivity contribution >= 4 is 35.0 Å². The zero-order valence-corrected chi connectivity index (χ0v) is 22.0. The van der Waals surface area contributed by atoms with E-state index in [1.165, 1.54) is 0 Å². The maximum atomic E-state index is 13.4. The Morgan fingerprint density at radius 1 is 1.11 bits per heavy atom. The van der Waals surface area contributed by atoms with Gasteiger partial charge in [0.25, 0.3) is 11.8 Å². The van der Waals surface area contributed by atoms with Crippen LogP contribution >= 0.6 is 23.2 Å². The molecule has 1 fully saturated rings. The summed E-state index contributed by atoms with van der Waals surface area (Å²) in [6, 6.07) is 17.2. The average Bonchev–Trinajstić information content (AvgIpc) is 3.38. The summed E-state index contributed by atoms with van der Waals surface area (Å²) in [6.45, 7) is 3.66. The molecule has 0 spiro atoms. The number of carbonyl (C=O) groups excluding carboxylic acids is 2. The summed E-state index contributed by atoms with van der Waals surface area (Å²) in [5, 5.41) is 9.91. The summed E-state index contributed by atoms with van der Waals surface area (Å²) < 4.78 is 5.40. The summed E-state index contributed by atoms with van der Waals surface area (Å²) >= 11 is 12.5. The number of aromatic nitrogens is 1. The van der Waals surface area contributed by atoms with Crippen molar-refractivity contribution in [3.8, 4) is 6.07 Å². The molecule has 1 saturated heterocycles. The average molecular weight is 537 g/mol. The molecule has 7 nitrogen and oxygen atoms in total. The number of carbonyl (C=O) groups is 2. The van der Waals surface area contributed by atoms with Crippen molar-refractivity contribution in [2.24, 2.45) is 0 Å². The van der Waals surface area contributed by atoms with E-state index >= 15 is 0 Å². The molecule has 2 amide bonds. The standard InChI is InChI=1S/C28H26Cl2N4O3/c1-3-37-17-19-6-11-25(32-14-19)28(36)33(2)26-16-34(27(35)20-7-4-18(13-31)5-8-20)15-22(26)21-9-10-23(29)24(30)12-21/h4-12,14,22,26H,3,15-17H2,1-2H3/t22-,26+/m0/s1. The van der Waals surface area contributed by atoms with Crippen LogP contribution in [-0.2, 0) is 11.3 Å². The molecule has 0 unspecified atom stereocenters. The molecular weight excluding hydrogens is 511 g/mol. The van der Waals surface area contributed by atoms with Crippen LogP contribution < -0.4 is 0 Å². The summed E-state index contributed by atoms with van der Waals surface area (Å²) in [5.41, 5.74) is 3.04. The number of amides is 2. The molecule has 0 radical (unpaired) electrons. The van der Waals surface area contributed by atoms with Crippen LogP contribution in [-0.4, -0.2) is 59.4 Å². The largest absolute Gasteiger partial charge is 0.377 e. The van der Waals surface area contributed by atoms with E-state index in [0.29, 0.717) is 53.2 Å². The molecule has 2 atom stereocenters. The highest BCUT2D eigenvalue weighted by Gasteiger charge is 2.40. The van der Waals surface area contributed by atoms with Crippen molar-refractivity contribution in [3.05, 3.63) is 98.8 Å². The topological polar surface area (TPSA) is 86.5 Å². The number of hydrogen-bond acceptors (Lipinski definition) is 5. The predicted octanol–water partition coefficient (Wildman–Crippen LogP) is 5.18. The Morgan fingerprint density at radius 3 is 2.49 bits per heavy atom. The third-order valence-electron chi connectivity index (χ3n) is 6.54. The van der Waals surface area contributed by atoms with Crippen LogP contribution in [0.1, 0.15) is 50.4 Å². The van der Waals surface area contributed by atoms with Crippen LogP contribution in [0.4, 0.5) is 0 Å². The lowest BCUT2D eigenvalue weighted by Gasteiger charge is -2.29. The summed E-state index contributed by atoms with van der Waals surface area (Å²) in [7, 11) is 1.73. The van der Waals surface area contributed by atoms with Gasteiger partial charge in [-0.2, -0.15) is 5.26 Å². The van der Waals surface area contributed by atoms with Crippen molar-refractivity contribution < 1.29 is 14.3 Å². The van der Waals surface area contributed by atoms with Gasteiger partial charge in [0.15, 0.2) is 0 Å². The highest BCUT2D eigenvalue weighted by Crippen LogP contribution is 2.35. The Labute approximate surface area is 226 Å². The van der Waals surface area contributed by atoms with E-state index in [1.807, 2.05) is 19.1 Å². The molecule has 2 aromatic carbocycles. The zero-order valence-electron chi connectivity index (χ0n) is 20.5. The number of pyridine rings is 1. The van der Waals surface area contributed by atoms with Crippen molar-refractivity contribution in [2.45, 2.75) is 25.5 Å². The number of rotatable bonds is 7. The van der Waals surface area contributed by atoms with Crippen molar-refractivity contribution in [3.63, 3.8) is 0 Å². The Hall–Kier alpha value is -3.44. The molecule has 0 saturated carbocycles. The second-order valence-electron chi connectivity index (χ2n) is 8.85. The third kappa shape index (κ3) is 5.94. The zero-order chi connectivity index (χ0) is 26.5. The molecule has 4 rings (SSSR count). The van der Waals surface area contributed by atoms with Gasteiger partial charge in [0.2, 0.25) is 0 Å². The second-order valence-corrected chi connectivity index (χ2v) is 9.67. The van der Waals surface area contributed by atoms with Crippen molar-refractivity contribution in [1.82, 2.24) is 14.8 Å². The summed E-state index contributed by atoms with van der Waals surface area (Å²) in [4.78, 5) is 34.5. The Morgan fingerprint density at radius 2 is 1.86 bits per heavy atom. The number of nitriles is 1. The number of benzene rings is 2. The van der Waals surface area contributed by atoms with Crippen molar-refractivity contribution in [1.29, 1.82) is 5.26 Å². The Balaban J connectivity index is 1.60. The van der Waals surface area contributed by atoms with Crippen LogP contribution in [0.5, 0.6) is 0 Å². The maximum Gasteiger partial charge on any atom is 0.272 e. The van der Waals surface area contributed by atoms with E-state index in [1.54, 1.807) is 65.5 Å². The minimum absolute atomic E-state index is 0.170. The van der Waals surface area contributed by atoms with Gasteiger partial charge in [-0.25, -0.2) is 0 Å².